The Bertz CT molecular complexity index is 1330. The van der Waals surface area contributed by atoms with Crippen LogP contribution in [0, 0.1) is 0 Å². The van der Waals surface area contributed by atoms with E-state index < -0.39 is 5.97 Å². The Kier molecular flexibility index (Phi) is 8.40. The summed E-state index contributed by atoms with van der Waals surface area (Å²) in [4.78, 5) is 44.5. The lowest BCUT2D eigenvalue weighted by atomic mass is 10.1. The number of thioether (sulfide) groups is 1. The second kappa shape index (κ2) is 11.7. The molecule has 2 aromatic carbocycles. The van der Waals surface area contributed by atoms with Crippen molar-refractivity contribution in [2.24, 2.45) is 0 Å². The Morgan fingerprint density at radius 2 is 1.81 bits per heavy atom. The third kappa shape index (κ3) is 5.77. The molecule has 1 aliphatic heterocycles. The number of carbonyl (C=O) groups excluding carboxylic acids is 2. The van der Waals surface area contributed by atoms with E-state index in [1.54, 1.807) is 48.1 Å². The Morgan fingerprint density at radius 3 is 2.50 bits per heavy atom. The molecule has 2 heterocycles. The Hall–Kier alpha value is -3.21. The van der Waals surface area contributed by atoms with Gasteiger partial charge >= 0.3 is 5.97 Å². The molecule has 0 bridgehead atoms. The average Bonchev–Trinajstić information content (AvgIpc) is 2.91. The largest absolute Gasteiger partial charge is 0.496 e. The van der Waals surface area contributed by atoms with Crippen molar-refractivity contribution in [1.29, 1.82) is 0 Å². The highest BCUT2D eigenvalue weighted by atomic mass is 32.2. The van der Waals surface area contributed by atoms with E-state index in [1.165, 1.54) is 25.8 Å². The second-order valence-electron chi connectivity index (χ2n) is 8.40. The van der Waals surface area contributed by atoms with Crippen molar-refractivity contribution in [3.05, 3.63) is 63.4 Å². The minimum Gasteiger partial charge on any atom is -0.496 e. The summed E-state index contributed by atoms with van der Waals surface area (Å²) in [7, 11) is 2.89. The van der Waals surface area contributed by atoms with Gasteiger partial charge in [0.25, 0.3) is 5.56 Å². The van der Waals surface area contributed by atoms with Gasteiger partial charge in [-0.15, -0.1) is 0 Å². The van der Waals surface area contributed by atoms with Gasteiger partial charge in [0.1, 0.15) is 5.75 Å². The number of aromatic nitrogens is 2. The molecule has 0 unspecified atom stereocenters. The van der Waals surface area contributed by atoms with Crippen LogP contribution in [0.3, 0.4) is 0 Å². The van der Waals surface area contributed by atoms with Crippen molar-refractivity contribution in [3.8, 4) is 5.75 Å². The number of nitrogens with zero attached hydrogens (tertiary/aromatic N) is 3. The maximum Gasteiger partial charge on any atom is 0.337 e. The van der Waals surface area contributed by atoms with Gasteiger partial charge in [-0.05, 0) is 43.3 Å². The number of esters is 1. The van der Waals surface area contributed by atoms with Crippen molar-refractivity contribution in [2.75, 3.05) is 47.1 Å². The molecule has 0 atom stereocenters. The molecule has 0 aliphatic carbocycles. The van der Waals surface area contributed by atoms with Crippen LogP contribution in [0.25, 0.3) is 10.9 Å². The number of hydrogen-bond acceptors (Lipinski definition) is 9. The fourth-order valence-electron chi connectivity index (χ4n) is 4.07. The van der Waals surface area contributed by atoms with E-state index in [0.29, 0.717) is 65.0 Å². The molecule has 0 amide bonds. The highest BCUT2D eigenvalue weighted by Gasteiger charge is 2.18. The predicted octanol–water partition coefficient (Wildman–Crippen LogP) is 3.02. The lowest BCUT2D eigenvalue weighted by Gasteiger charge is -2.27. The molecule has 0 saturated carbocycles. The van der Waals surface area contributed by atoms with Crippen molar-refractivity contribution in [2.45, 2.75) is 24.4 Å². The molecule has 1 saturated heterocycles. The van der Waals surface area contributed by atoms with Gasteiger partial charge in [-0.1, -0.05) is 11.8 Å². The first-order valence-electron chi connectivity index (χ1n) is 11.6. The number of fused-ring (bicyclic) bond motifs is 1. The molecule has 10 heteroatoms. The van der Waals surface area contributed by atoms with Gasteiger partial charge in [-0.3, -0.25) is 19.1 Å². The van der Waals surface area contributed by atoms with E-state index in [4.69, 9.17) is 19.2 Å². The Labute approximate surface area is 213 Å². The van der Waals surface area contributed by atoms with Crippen LogP contribution in [0.4, 0.5) is 0 Å². The number of Topliss-reactive ketones (excluding diaryl/α,β-unsaturated/α-hetero) is 1. The highest BCUT2D eigenvalue weighted by molar-refractivity contribution is 7.98. The SMILES string of the molecule is COC(=O)c1ccc2c(=O)n(CCN3CCOCC3)c(SCc3cc(C(C)=O)ccc3OC)nc2c1. The zero-order valence-electron chi connectivity index (χ0n) is 20.6. The number of morpholine rings is 1. The molecule has 3 aromatic rings. The van der Waals surface area contributed by atoms with Crippen LogP contribution in [0.15, 0.2) is 46.3 Å². The maximum atomic E-state index is 13.5. The van der Waals surface area contributed by atoms with Crippen LogP contribution < -0.4 is 10.3 Å². The fraction of sp³-hybridized carbons (Fsp3) is 0.385. The summed E-state index contributed by atoms with van der Waals surface area (Å²) in [5.74, 6) is 0.570. The van der Waals surface area contributed by atoms with Gasteiger partial charge in [-0.25, -0.2) is 9.78 Å². The molecule has 0 radical (unpaired) electrons. The second-order valence-corrected chi connectivity index (χ2v) is 9.34. The van der Waals surface area contributed by atoms with Gasteiger partial charge in [-0.2, -0.15) is 0 Å². The molecule has 4 rings (SSSR count). The van der Waals surface area contributed by atoms with Gasteiger partial charge in [0.15, 0.2) is 10.9 Å². The van der Waals surface area contributed by atoms with Crippen LogP contribution in [0.1, 0.15) is 33.2 Å². The topological polar surface area (TPSA) is 100.0 Å². The Balaban J connectivity index is 1.71. The van der Waals surface area contributed by atoms with E-state index in [0.717, 1.165) is 18.7 Å². The molecular formula is C26H29N3O6S. The number of ketones is 1. The zero-order valence-corrected chi connectivity index (χ0v) is 21.4. The molecule has 1 aliphatic rings. The summed E-state index contributed by atoms with van der Waals surface area (Å²) in [6, 6.07) is 10.1. The minimum atomic E-state index is -0.491. The summed E-state index contributed by atoms with van der Waals surface area (Å²) >= 11 is 1.39. The molecule has 9 nitrogen and oxygen atoms in total. The van der Waals surface area contributed by atoms with Crippen molar-refractivity contribution in [3.63, 3.8) is 0 Å². The zero-order chi connectivity index (χ0) is 25.7. The van der Waals surface area contributed by atoms with E-state index in [2.05, 4.69) is 4.90 Å². The first-order chi connectivity index (χ1) is 17.4. The molecule has 1 fully saturated rings. The molecular weight excluding hydrogens is 482 g/mol. The number of benzene rings is 2. The summed E-state index contributed by atoms with van der Waals surface area (Å²) in [6.45, 7) is 5.66. The van der Waals surface area contributed by atoms with Crippen LogP contribution in [0.5, 0.6) is 5.75 Å². The van der Waals surface area contributed by atoms with Crippen molar-refractivity contribution < 1.29 is 23.8 Å². The van der Waals surface area contributed by atoms with Crippen LogP contribution in [0.2, 0.25) is 0 Å². The molecule has 190 valence electrons. The standard InChI is InChI=1S/C26H29N3O6S/c1-17(30)18-5-7-23(33-2)20(14-18)16-36-26-27-22-15-19(25(32)34-3)4-6-21(22)24(31)29(26)9-8-28-10-12-35-13-11-28/h4-7,14-15H,8-13,16H2,1-3H3. The number of carbonyl (C=O) groups is 2. The highest BCUT2D eigenvalue weighted by Crippen LogP contribution is 2.29. The summed E-state index contributed by atoms with van der Waals surface area (Å²) in [5.41, 5.74) is 2.00. The minimum absolute atomic E-state index is 0.0366. The summed E-state index contributed by atoms with van der Waals surface area (Å²) in [6.07, 6.45) is 0. The number of methoxy groups -OCH3 is 2. The van der Waals surface area contributed by atoms with Gasteiger partial charge in [0.05, 0.1) is 43.9 Å². The normalized spacial score (nSPS) is 14.1. The number of hydrogen-bond donors (Lipinski definition) is 0. The van der Waals surface area contributed by atoms with E-state index in [1.807, 2.05) is 0 Å². The van der Waals surface area contributed by atoms with Crippen LogP contribution in [-0.2, 0) is 21.8 Å². The average molecular weight is 512 g/mol. The molecule has 1 aromatic heterocycles. The molecule has 36 heavy (non-hydrogen) atoms. The third-order valence-electron chi connectivity index (χ3n) is 6.13. The maximum absolute atomic E-state index is 13.5. The first-order valence-corrected chi connectivity index (χ1v) is 12.6. The van der Waals surface area contributed by atoms with E-state index in [9.17, 15) is 14.4 Å². The van der Waals surface area contributed by atoms with Crippen LogP contribution in [-0.4, -0.2) is 73.3 Å². The number of rotatable bonds is 9. The van der Waals surface area contributed by atoms with Crippen molar-refractivity contribution in [1.82, 2.24) is 14.5 Å². The lowest BCUT2D eigenvalue weighted by molar-refractivity contribution is 0.0359. The third-order valence-corrected chi connectivity index (χ3v) is 7.15. The summed E-state index contributed by atoms with van der Waals surface area (Å²) in [5, 5.41) is 0.961. The Morgan fingerprint density at radius 1 is 1.06 bits per heavy atom. The quantitative estimate of drug-likeness (QED) is 0.186. The van der Waals surface area contributed by atoms with Gasteiger partial charge in [0.2, 0.25) is 0 Å². The van der Waals surface area contributed by atoms with Gasteiger partial charge < -0.3 is 14.2 Å². The monoisotopic (exact) mass is 511 g/mol. The van der Waals surface area contributed by atoms with Gasteiger partial charge in [0, 0.05) is 43.1 Å². The first kappa shape index (κ1) is 25.9. The predicted molar refractivity (Wildman–Crippen MR) is 137 cm³/mol. The van der Waals surface area contributed by atoms with E-state index >= 15 is 0 Å². The lowest BCUT2D eigenvalue weighted by Crippen LogP contribution is -2.39. The molecule has 0 spiro atoms. The smallest absolute Gasteiger partial charge is 0.337 e. The fourth-order valence-corrected chi connectivity index (χ4v) is 5.07. The molecule has 0 N–H and O–H groups in total. The van der Waals surface area contributed by atoms with Crippen molar-refractivity contribution >= 4 is 34.4 Å². The van der Waals surface area contributed by atoms with Crippen LogP contribution >= 0.6 is 11.8 Å². The summed E-state index contributed by atoms with van der Waals surface area (Å²) < 4.78 is 17.4. The number of ether oxygens (including phenoxy) is 3. The van der Waals surface area contributed by atoms with E-state index in [-0.39, 0.29) is 11.3 Å².